The summed E-state index contributed by atoms with van der Waals surface area (Å²) in [5, 5.41) is 222. The van der Waals surface area contributed by atoms with E-state index in [2.05, 4.69) is 0 Å². The average molecular weight is 1120 g/mol. The van der Waals surface area contributed by atoms with Gasteiger partial charge in [-0.1, -0.05) is 0 Å². The molecule has 35 atom stereocenters. The van der Waals surface area contributed by atoms with Crippen LogP contribution in [0.1, 0.15) is 13.8 Å². The molecule has 7 aliphatic heterocycles. The third-order valence-corrected chi connectivity index (χ3v) is 14.4. The molecule has 0 aliphatic carbocycles. The summed E-state index contributed by atoms with van der Waals surface area (Å²) in [6.45, 7) is -1.61. The van der Waals surface area contributed by atoms with E-state index in [9.17, 15) is 107 Å². The number of rotatable bonds is 18. The Bertz CT molecular complexity index is 1780. The molecule has 7 aliphatic rings. The van der Waals surface area contributed by atoms with Crippen LogP contribution >= 0.6 is 0 Å². The lowest BCUT2D eigenvalue weighted by Gasteiger charge is -2.50. The largest absolute Gasteiger partial charge is 0.394 e. The molecule has 21 N–H and O–H groups in total. The van der Waals surface area contributed by atoms with Gasteiger partial charge >= 0.3 is 0 Å². The fourth-order valence-corrected chi connectivity index (χ4v) is 9.58. The lowest BCUT2D eigenvalue weighted by molar-refractivity contribution is -0.404. The quantitative estimate of drug-likeness (QED) is 0.0606. The van der Waals surface area contributed by atoms with Crippen molar-refractivity contribution in [2.45, 2.75) is 229 Å². The van der Waals surface area contributed by atoms with Gasteiger partial charge in [0.05, 0.1) is 45.2 Å². The van der Waals surface area contributed by atoms with E-state index < -0.39 is 248 Å². The van der Waals surface area contributed by atoms with Crippen molar-refractivity contribution in [1.82, 2.24) is 0 Å². The van der Waals surface area contributed by atoms with Gasteiger partial charge in [-0.2, -0.15) is 0 Å². The molecule has 7 saturated heterocycles. The summed E-state index contributed by atoms with van der Waals surface area (Å²) in [5.74, 6) is 0. The molecule has 0 amide bonds. The van der Waals surface area contributed by atoms with Crippen LogP contribution < -0.4 is 0 Å². The van der Waals surface area contributed by atoms with Gasteiger partial charge in [-0.05, 0) is 13.8 Å². The van der Waals surface area contributed by atoms with Crippen LogP contribution in [0.3, 0.4) is 0 Å². The van der Waals surface area contributed by atoms with Crippen molar-refractivity contribution < 1.29 is 169 Å². The highest BCUT2D eigenvalue weighted by molar-refractivity contribution is 4.99. The van der Waals surface area contributed by atoms with Crippen molar-refractivity contribution in [3.63, 3.8) is 0 Å². The van der Waals surface area contributed by atoms with Crippen LogP contribution in [0.15, 0.2) is 0 Å². The Morgan fingerprint density at radius 1 is 0.329 bits per heavy atom. The summed E-state index contributed by atoms with van der Waals surface area (Å²) < 4.78 is 73.3. The molecule has 34 heteroatoms. The van der Waals surface area contributed by atoms with E-state index in [0.29, 0.717) is 0 Å². The van der Waals surface area contributed by atoms with E-state index in [1.165, 1.54) is 13.8 Å². The molecule has 0 radical (unpaired) electrons. The molecular weight excluding hydrogens is 1050 g/mol. The van der Waals surface area contributed by atoms with Crippen molar-refractivity contribution in [1.29, 1.82) is 0 Å². The number of ether oxygens (including phenoxy) is 13. The summed E-state index contributed by atoms with van der Waals surface area (Å²) in [5.41, 5.74) is 0. The van der Waals surface area contributed by atoms with E-state index in [-0.39, 0.29) is 0 Å². The number of aliphatic hydroxyl groups excluding tert-OH is 21. The Hall–Kier alpha value is -1.36. The highest BCUT2D eigenvalue weighted by atomic mass is 16.8. The SMILES string of the molecule is C[C@@H]1O[C@@H](O[C@H]2[C@@H](O[C@H]3[C@H](O)[C@@H](O)[C@H](OC[C@@H](O)[C@@H]4O[C@H](OC[C@H]5O[C@@H](O)[C@H](O)[C@@H](O)[C@@H]5O)[C@H](O)[C@H]4O)O[C@@H]3CO)O[C@@H](C)[C@H](O)[C@H]2O[C@H]2O[C@H](CO[C@@H]3O[C@H](CO)[C@H](O)[C@H](O)[C@H]3O)[C@H](O)[C@H](O)[C@H]2O)[C@H](O)[C@H](O)[C@H]1O. The second-order valence-corrected chi connectivity index (χ2v) is 19.7. The van der Waals surface area contributed by atoms with Gasteiger partial charge < -0.3 is 169 Å². The zero-order valence-electron chi connectivity index (χ0n) is 40.4. The standard InChI is InChI=1S/C42H72O34/c1-8-15(46)20(51)28(59)40(67-8)76-35-34(75-41-29(60)23(54)19(50)14(72-41)7-65-37-27(58)22(53)17(48)11(3-43)70-37)16(47)9(2)68-42(35)74-33-12(4-44)71-38(31(62)25(33)56)64-5-10(45)32-24(55)30(61)39(73-32)66-6-13-18(49)21(52)26(57)36(63)69-13/h8-63H,3-7H2,1-2H3/t8-,9-,10+,11+,12+,13+,14+,15-,16-,17-,18+,19-,20+,21-,22-,23-,24+,25+,26+,27+,28+,29+,30+,31+,32-,33+,34+,35+,36+,37+,38+,39-,40-,41+,42+/m0/s1. The van der Waals surface area contributed by atoms with Gasteiger partial charge in [0.2, 0.25) is 0 Å². The second kappa shape index (κ2) is 26.3. The number of hydrogen-bond acceptors (Lipinski definition) is 34. The average Bonchev–Trinajstić information content (AvgIpc) is 3.69. The first-order chi connectivity index (χ1) is 35.8. The van der Waals surface area contributed by atoms with Crippen LogP contribution in [0.5, 0.6) is 0 Å². The maximum absolute atomic E-state index is 11.6. The van der Waals surface area contributed by atoms with E-state index in [0.717, 1.165) is 0 Å². The van der Waals surface area contributed by atoms with E-state index in [1.54, 1.807) is 0 Å². The van der Waals surface area contributed by atoms with Crippen LogP contribution in [0, 0.1) is 0 Å². The Kier molecular flexibility index (Phi) is 21.5. The maximum Gasteiger partial charge on any atom is 0.187 e. The van der Waals surface area contributed by atoms with E-state index in [1.807, 2.05) is 0 Å². The molecule has 444 valence electrons. The minimum Gasteiger partial charge on any atom is -0.394 e. The minimum absolute atomic E-state index is 0.667. The van der Waals surface area contributed by atoms with Crippen LogP contribution in [0.4, 0.5) is 0 Å². The molecule has 0 spiro atoms. The molecule has 7 fully saturated rings. The second-order valence-electron chi connectivity index (χ2n) is 19.7. The Morgan fingerprint density at radius 2 is 0.737 bits per heavy atom. The van der Waals surface area contributed by atoms with Gasteiger partial charge in [0, 0.05) is 0 Å². The molecular formula is C42H72O34. The third kappa shape index (κ3) is 13.0. The van der Waals surface area contributed by atoms with Crippen LogP contribution in [-0.4, -0.2) is 355 Å². The molecule has 0 aromatic carbocycles. The molecule has 76 heavy (non-hydrogen) atoms. The van der Waals surface area contributed by atoms with Gasteiger partial charge in [-0.15, -0.1) is 0 Å². The Balaban J connectivity index is 1.03. The lowest BCUT2D eigenvalue weighted by Crippen LogP contribution is -2.68. The molecule has 0 aromatic rings. The predicted octanol–water partition coefficient (Wildman–Crippen LogP) is -14.2. The summed E-state index contributed by atoms with van der Waals surface area (Å²) in [6.07, 6.45) is -64.1. The van der Waals surface area contributed by atoms with E-state index in [4.69, 9.17) is 61.6 Å². The van der Waals surface area contributed by atoms with Crippen molar-refractivity contribution in [3.8, 4) is 0 Å². The Morgan fingerprint density at radius 3 is 1.34 bits per heavy atom. The van der Waals surface area contributed by atoms with Gasteiger partial charge in [0.1, 0.15) is 159 Å². The molecule has 0 saturated carbocycles. The molecule has 7 rings (SSSR count). The monoisotopic (exact) mass is 1120 g/mol. The Labute approximate surface area is 430 Å². The molecule has 34 nitrogen and oxygen atoms in total. The summed E-state index contributed by atoms with van der Waals surface area (Å²) in [4.78, 5) is 0. The van der Waals surface area contributed by atoms with Gasteiger partial charge in [0.15, 0.2) is 44.0 Å². The smallest absolute Gasteiger partial charge is 0.187 e. The van der Waals surface area contributed by atoms with Crippen molar-refractivity contribution >= 4 is 0 Å². The fraction of sp³-hybridized carbons (Fsp3) is 1.00. The first-order valence-electron chi connectivity index (χ1n) is 24.4. The zero-order valence-corrected chi connectivity index (χ0v) is 40.4. The summed E-state index contributed by atoms with van der Waals surface area (Å²) >= 11 is 0. The highest BCUT2D eigenvalue weighted by Gasteiger charge is 2.57. The minimum atomic E-state index is -2.15. The zero-order chi connectivity index (χ0) is 55.9. The number of aliphatic hydroxyl groups is 21. The highest BCUT2D eigenvalue weighted by Crippen LogP contribution is 2.37. The van der Waals surface area contributed by atoms with Crippen LogP contribution in [-0.2, 0) is 61.6 Å². The molecule has 7 heterocycles. The first-order valence-corrected chi connectivity index (χ1v) is 24.4. The normalized spacial score (nSPS) is 53.9. The maximum atomic E-state index is 11.6. The van der Waals surface area contributed by atoms with Gasteiger partial charge in [-0.25, -0.2) is 0 Å². The fourth-order valence-electron chi connectivity index (χ4n) is 9.58. The van der Waals surface area contributed by atoms with Crippen LogP contribution in [0.25, 0.3) is 0 Å². The van der Waals surface area contributed by atoms with Crippen molar-refractivity contribution in [2.24, 2.45) is 0 Å². The predicted molar refractivity (Wildman–Crippen MR) is 229 cm³/mol. The molecule has 0 aromatic heterocycles. The van der Waals surface area contributed by atoms with Crippen molar-refractivity contribution in [3.05, 3.63) is 0 Å². The lowest BCUT2D eigenvalue weighted by atomic mass is 9.95. The van der Waals surface area contributed by atoms with Gasteiger partial charge in [0.25, 0.3) is 0 Å². The molecule has 0 bridgehead atoms. The third-order valence-electron chi connectivity index (χ3n) is 14.4. The van der Waals surface area contributed by atoms with Crippen LogP contribution in [0.2, 0.25) is 0 Å². The number of hydrogen-bond donors (Lipinski definition) is 21. The summed E-state index contributed by atoms with van der Waals surface area (Å²) in [6, 6.07) is 0. The molecule has 0 unspecified atom stereocenters. The van der Waals surface area contributed by atoms with Gasteiger partial charge in [-0.3, -0.25) is 0 Å². The first kappa shape index (κ1) is 62.2. The topological polar surface area (TPSA) is 545 Å². The van der Waals surface area contributed by atoms with E-state index >= 15 is 0 Å². The summed E-state index contributed by atoms with van der Waals surface area (Å²) in [7, 11) is 0. The van der Waals surface area contributed by atoms with Crippen molar-refractivity contribution in [2.75, 3.05) is 33.0 Å².